The van der Waals surface area contributed by atoms with Gasteiger partial charge in [0.1, 0.15) is 5.75 Å². The Morgan fingerprint density at radius 2 is 2.10 bits per heavy atom. The van der Waals surface area contributed by atoms with Crippen molar-refractivity contribution in [1.29, 1.82) is 0 Å². The highest BCUT2D eigenvalue weighted by atomic mass is 35.5. The smallest absolute Gasteiger partial charge is 0.307 e. The van der Waals surface area contributed by atoms with Gasteiger partial charge in [0.25, 0.3) is 0 Å². The summed E-state index contributed by atoms with van der Waals surface area (Å²) < 4.78 is 36.2. The monoisotopic (exact) mass is 335 g/mol. The predicted molar refractivity (Wildman–Crippen MR) is 79.1 cm³/mol. The number of ether oxygens (including phenoxy) is 2. The molecule has 0 aliphatic heterocycles. The fraction of sp³-hybridized carbons (Fsp3) is 0.462. The lowest BCUT2D eigenvalue weighted by atomic mass is 10.3. The molecule has 0 unspecified atom stereocenters. The summed E-state index contributed by atoms with van der Waals surface area (Å²) >= 11 is 5.89. The van der Waals surface area contributed by atoms with Crippen LogP contribution in [0.15, 0.2) is 23.1 Å². The molecule has 1 rings (SSSR count). The predicted octanol–water partition coefficient (Wildman–Crippen LogP) is 1.97. The third-order valence-electron chi connectivity index (χ3n) is 2.52. The molecule has 6 nitrogen and oxygen atoms in total. The normalized spacial score (nSPS) is 11.2. The van der Waals surface area contributed by atoms with Crippen molar-refractivity contribution in [1.82, 2.24) is 4.72 Å². The Balaban J connectivity index is 2.61. The average molecular weight is 336 g/mol. The summed E-state index contributed by atoms with van der Waals surface area (Å²) in [5.41, 5.74) is 0. The molecule has 0 heterocycles. The van der Waals surface area contributed by atoms with E-state index in [1.165, 1.54) is 25.3 Å². The highest BCUT2D eigenvalue weighted by Crippen LogP contribution is 2.26. The van der Waals surface area contributed by atoms with Gasteiger partial charge in [-0.05, 0) is 24.6 Å². The van der Waals surface area contributed by atoms with Crippen LogP contribution in [-0.2, 0) is 19.6 Å². The second-order valence-electron chi connectivity index (χ2n) is 4.16. The number of carbonyl (C=O) groups is 1. The van der Waals surface area contributed by atoms with E-state index in [-0.39, 0.29) is 22.9 Å². The average Bonchev–Trinajstić information content (AvgIpc) is 2.44. The number of rotatable bonds is 8. The molecule has 0 atom stereocenters. The first-order valence-electron chi connectivity index (χ1n) is 6.39. The minimum atomic E-state index is -3.72. The quantitative estimate of drug-likeness (QED) is 0.734. The standard InChI is InChI=1S/C13H18ClNO5S/c1-3-8-20-13(16)6-7-15-21(17,18)10-4-5-12(19-2)11(14)9-10/h4-5,9,15H,3,6-8H2,1-2H3. The van der Waals surface area contributed by atoms with E-state index in [1.54, 1.807) is 0 Å². The van der Waals surface area contributed by atoms with E-state index in [1.807, 2.05) is 6.92 Å². The summed E-state index contributed by atoms with van der Waals surface area (Å²) in [5.74, 6) is -0.0499. The Morgan fingerprint density at radius 1 is 1.38 bits per heavy atom. The molecule has 0 saturated carbocycles. The number of halogens is 1. The molecule has 0 aromatic heterocycles. The van der Waals surface area contributed by atoms with Gasteiger partial charge in [0.15, 0.2) is 0 Å². The van der Waals surface area contributed by atoms with E-state index in [9.17, 15) is 13.2 Å². The molecule has 0 radical (unpaired) electrons. The first-order chi connectivity index (χ1) is 9.90. The summed E-state index contributed by atoms with van der Waals surface area (Å²) in [6, 6.07) is 4.13. The van der Waals surface area contributed by atoms with Crippen molar-refractivity contribution in [3.8, 4) is 5.75 Å². The number of hydrogen-bond donors (Lipinski definition) is 1. The van der Waals surface area contributed by atoms with Gasteiger partial charge in [-0.1, -0.05) is 18.5 Å². The van der Waals surface area contributed by atoms with Gasteiger partial charge in [-0.15, -0.1) is 0 Å². The van der Waals surface area contributed by atoms with Crippen LogP contribution < -0.4 is 9.46 Å². The molecular weight excluding hydrogens is 318 g/mol. The van der Waals surface area contributed by atoms with E-state index >= 15 is 0 Å². The number of methoxy groups -OCH3 is 1. The van der Waals surface area contributed by atoms with Crippen molar-refractivity contribution >= 4 is 27.6 Å². The van der Waals surface area contributed by atoms with E-state index < -0.39 is 16.0 Å². The van der Waals surface area contributed by atoms with E-state index in [4.69, 9.17) is 21.1 Å². The first kappa shape index (κ1) is 17.7. The summed E-state index contributed by atoms with van der Waals surface area (Å²) in [4.78, 5) is 11.3. The Labute approximate surface area is 129 Å². The molecule has 0 aliphatic rings. The molecule has 8 heteroatoms. The third kappa shape index (κ3) is 5.53. The van der Waals surface area contributed by atoms with Crippen molar-refractivity contribution in [2.45, 2.75) is 24.7 Å². The van der Waals surface area contributed by atoms with E-state index in [0.29, 0.717) is 12.4 Å². The number of carbonyl (C=O) groups excluding carboxylic acids is 1. The van der Waals surface area contributed by atoms with E-state index in [2.05, 4.69) is 4.72 Å². The molecular formula is C13H18ClNO5S. The lowest BCUT2D eigenvalue weighted by Gasteiger charge is -2.09. The molecule has 0 spiro atoms. The topological polar surface area (TPSA) is 81.7 Å². The van der Waals surface area contributed by atoms with Crippen molar-refractivity contribution < 1.29 is 22.7 Å². The molecule has 0 bridgehead atoms. The zero-order chi connectivity index (χ0) is 15.9. The van der Waals surface area contributed by atoms with Crippen LogP contribution in [0.1, 0.15) is 19.8 Å². The first-order valence-corrected chi connectivity index (χ1v) is 8.25. The Kier molecular flexibility index (Phi) is 6.94. The van der Waals surface area contributed by atoms with Crippen LogP contribution >= 0.6 is 11.6 Å². The van der Waals surface area contributed by atoms with Crippen molar-refractivity contribution in [3.63, 3.8) is 0 Å². The maximum atomic E-state index is 12.0. The Morgan fingerprint density at radius 3 is 2.67 bits per heavy atom. The Bertz CT molecular complexity index is 588. The van der Waals surface area contributed by atoms with E-state index in [0.717, 1.165) is 6.42 Å². The van der Waals surface area contributed by atoms with Crippen LogP contribution in [0, 0.1) is 0 Å². The highest BCUT2D eigenvalue weighted by Gasteiger charge is 2.16. The van der Waals surface area contributed by atoms with Crippen LogP contribution in [0.4, 0.5) is 0 Å². The number of hydrogen-bond acceptors (Lipinski definition) is 5. The van der Waals surface area contributed by atoms with Crippen LogP contribution in [0.5, 0.6) is 5.75 Å². The van der Waals surface area contributed by atoms with Crippen LogP contribution in [-0.4, -0.2) is 34.6 Å². The highest BCUT2D eigenvalue weighted by molar-refractivity contribution is 7.89. The fourth-order valence-corrected chi connectivity index (χ4v) is 2.85. The molecule has 1 N–H and O–H groups in total. The molecule has 118 valence electrons. The zero-order valence-electron chi connectivity index (χ0n) is 11.9. The molecule has 1 aromatic rings. The zero-order valence-corrected chi connectivity index (χ0v) is 13.5. The molecule has 0 saturated heterocycles. The number of sulfonamides is 1. The van der Waals surface area contributed by atoms with Crippen molar-refractivity contribution in [2.75, 3.05) is 20.3 Å². The lowest BCUT2D eigenvalue weighted by molar-refractivity contribution is -0.143. The number of nitrogens with one attached hydrogen (secondary N) is 1. The van der Waals surface area contributed by atoms with Gasteiger partial charge >= 0.3 is 5.97 Å². The van der Waals surface area contributed by atoms with Gasteiger partial charge < -0.3 is 9.47 Å². The summed E-state index contributed by atoms with van der Waals surface area (Å²) in [6.07, 6.45) is 0.699. The maximum Gasteiger partial charge on any atom is 0.307 e. The van der Waals surface area contributed by atoms with Gasteiger partial charge in [-0.25, -0.2) is 13.1 Å². The SMILES string of the molecule is CCCOC(=O)CCNS(=O)(=O)c1ccc(OC)c(Cl)c1. The van der Waals surface area contributed by atoms with Crippen LogP contribution in [0.2, 0.25) is 5.02 Å². The lowest BCUT2D eigenvalue weighted by Crippen LogP contribution is -2.26. The second kappa shape index (κ2) is 8.21. The second-order valence-corrected chi connectivity index (χ2v) is 6.34. The maximum absolute atomic E-state index is 12.0. The van der Waals surface area contributed by atoms with Gasteiger partial charge in [0.05, 0.1) is 30.1 Å². The van der Waals surface area contributed by atoms with Gasteiger partial charge in [0, 0.05) is 6.54 Å². The summed E-state index contributed by atoms with van der Waals surface area (Å²) in [7, 11) is -2.28. The van der Waals surface area contributed by atoms with Gasteiger partial charge in [-0.2, -0.15) is 0 Å². The molecule has 0 fully saturated rings. The van der Waals surface area contributed by atoms with Crippen LogP contribution in [0.25, 0.3) is 0 Å². The molecule has 21 heavy (non-hydrogen) atoms. The minimum absolute atomic E-state index is 0.00947. The Hall–Kier alpha value is -1.31. The van der Waals surface area contributed by atoms with Crippen LogP contribution in [0.3, 0.4) is 0 Å². The number of benzene rings is 1. The summed E-state index contributed by atoms with van der Waals surface area (Å²) in [6.45, 7) is 2.18. The molecule has 0 aliphatic carbocycles. The number of esters is 1. The molecule has 1 aromatic carbocycles. The molecule has 0 amide bonds. The van der Waals surface area contributed by atoms with Crippen molar-refractivity contribution in [3.05, 3.63) is 23.2 Å². The summed E-state index contributed by atoms with van der Waals surface area (Å²) in [5, 5.41) is 0.197. The third-order valence-corrected chi connectivity index (χ3v) is 4.28. The fourth-order valence-electron chi connectivity index (χ4n) is 1.47. The largest absolute Gasteiger partial charge is 0.495 e. The van der Waals surface area contributed by atoms with Crippen molar-refractivity contribution in [2.24, 2.45) is 0 Å². The van der Waals surface area contributed by atoms with Gasteiger partial charge in [0.2, 0.25) is 10.0 Å². The van der Waals surface area contributed by atoms with Gasteiger partial charge in [-0.3, -0.25) is 4.79 Å². The minimum Gasteiger partial charge on any atom is -0.495 e.